The average molecular weight is 569 g/mol. The van der Waals surface area contributed by atoms with Crippen molar-refractivity contribution in [2.75, 3.05) is 32.7 Å². The maximum Gasteiger partial charge on any atom is 0.251 e. The van der Waals surface area contributed by atoms with Crippen LogP contribution in [0.25, 0.3) is 11.4 Å². The van der Waals surface area contributed by atoms with Crippen LogP contribution in [0.15, 0.2) is 33.8 Å². The Balaban J connectivity index is 0.00000341. The first-order chi connectivity index (χ1) is 14.5. The lowest BCUT2D eigenvalue weighted by Gasteiger charge is -2.32. The van der Waals surface area contributed by atoms with Gasteiger partial charge in [0.15, 0.2) is 5.96 Å². The highest BCUT2D eigenvalue weighted by Crippen LogP contribution is 2.20. The summed E-state index contributed by atoms with van der Waals surface area (Å²) in [5.41, 5.74) is 0.800. The van der Waals surface area contributed by atoms with Gasteiger partial charge in [-0.05, 0) is 31.9 Å². The molecule has 0 atom stereocenters. The van der Waals surface area contributed by atoms with Crippen LogP contribution in [0.1, 0.15) is 25.7 Å². The minimum Gasteiger partial charge on any atom is -0.357 e. The summed E-state index contributed by atoms with van der Waals surface area (Å²) in [4.78, 5) is 10.8. The van der Waals surface area contributed by atoms with Crippen LogP contribution in [0.3, 0.4) is 0 Å². The van der Waals surface area contributed by atoms with Gasteiger partial charge in [0, 0.05) is 42.7 Å². The zero-order valence-electron chi connectivity index (χ0n) is 17.4. The monoisotopic (exact) mass is 568 g/mol. The first kappa shape index (κ1) is 25.7. The Morgan fingerprint density at radius 3 is 2.81 bits per heavy atom. The molecule has 0 saturated carbocycles. The van der Waals surface area contributed by atoms with Gasteiger partial charge < -0.3 is 15.2 Å². The molecule has 1 aromatic carbocycles. The van der Waals surface area contributed by atoms with Crippen molar-refractivity contribution in [2.24, 2.45) is 4.99 Å². The van der Waals surface area contributed by atoms with Crippen LogP contribution >= 0.6 is 35.6 Å². The Hall–Kier alpha value is -1.53. The third-order valence-corrected chi connectivity index (χ3v) is 5.05. The summed E-state index contributed by atoms with van der Waals surface area (Å²) in [6.07, 6.45) is -0.151. The molecule has 2 heterocycles. The van der Waals surface area contributed by atoms with Gasteiger partial charge in [-0.25, -0.2) is 8.78 Å². The van der Waals surface area contributed by atoms with Crippen LogP contribution in [0.2, 0.25) is 5.02 Å². The number of rotatable bonds is 8. The normalized spacial score (nSPS) is 15.7. The van der Waals surface area contributed by atoms with Gasteiger partial charge in [-0.3, -0.25) is 9.89 Å². The summed E-state index contributed by atoms with van der Waals surface area (Å²) < 4.78 is 30.3. The highest BCUT2D eigenvalue weighted by molar-refractivity contribution is 14.0. The first-order valence-corrected chi connectivity index (χ1v) is 10.5. The first-order valence-electron chi connectivity index (χ1n) is 10.2. The summed E-state index contributed by atoms with van der Waals surface area (Å²) in [6.45, 7) is 4.39. The van der Waals surface area contributed by atoms with Gasteiger partial charge in [0.1, 0.15) is 0 Å². The molecule has 1 aromatic heterocycles. The zero-order valence-corrected chi connectivity index (χ0v) is 20.4. The van der Waals surface area contributed by atoms with E-state index in [4.69, 9.17) is 16.1 Å². The predicted molar refractivity (Wildman–Crippen MR) is 128 cm³/mol. The van der Waals surface area contributed by atoms with E-state index in [0.29, 0.717) is 48.8 Å². The number of hydrogen-bond donors (Lipinski definition) is 2. The third kappa shape index (κ3) is 8.49. The van der Waals surface area contributed by atoms with E-state index >= 15 is 0 Å². The van der Waals surface area contributed by atoms with Crippen molar-refractivity contribution in [3.05, 3.63) is 35.2 Å². The van der Waals surface area contributed by atoms with E-state index in [2.05, 4.69) is 25.8 Å². The number of aliphatic imine (C=N–C) groups is 1. The minimum absolute atomic E-state index is 0. The molecule has 0 spiro atoms. The van der Waals surface area contributed by atoms with Crippen molar-refractivity contribution >= 4 is 41.5 Å². The van der Waals surface area contributed by atoms with Crippen LogP contribution in [-0.2, 0) is 6.42 Å². The smallest absolute Gasteiger partial charge is 0.251 e. The highest BCUT2D eigenvalue weighted by atomic mass is 127. The second kappa shape index (κ2) is 13.1. The van der Waals surface area contributed by atoms with Crippen molar-refractivity contribution in [3.63, 3.8) is 0 Å². The van der Waals surface area contributed by atoms with Gasteiger partial charge in [0.25, 0.3) is 6.43 Å². The number of hydrogen-bond acceptors (Lipinski definition) is 5. The molecule has 7 nitrogen and oxygen atoms in total. The summed E-state index contributed by atoms with van der Waals surface area (Å²) in [5, 5.41) is 11.2. The molecule has 2 N–H and O–H groups in total. The van der Waals surface area contributed by atoms with Gasteiger partial charge in [-0.15, -0.1) is 24.0 Å². The van der Waals surface area contributed by atoms with Gasteiger partial charge in [-0.1, -0.05) is 28.9 Å². The molecule has 0 amide bonds. The number of nitrogens with zero attached hydrogens (tertiary/aromatic N) is 4. The zero-order chi connectivity index (χ0) is 21.3. The van der Waals surface area contributed by atoms with Gasteiger partial charge in [-0.2, -0.15) is 4.98 Å². The fourth-order valence-corrected chi connectivity index (χ4v) is 3.52. The number of benzene rings is 1. The number of piperidine rings is 1. The molecule has 1 aliphatic rings. The number of likely N-dealkylation sites (tertiary alicyclic amines) is 1. The highest BCUT2D eigenvalue weighted by Gasteiger charge is 2.22. The summed E-state index contributed by atoms with van der Waals surface area (Å²) in [5.74, 6) is 1.71. The number of nitrogens with one attached hydrogen (secondary N) is 2. The maximum atomic E-state index is 12.5. The Morgan fingerprint density at radius 2 is 2.13 bits per heavy atom. The second-order valence-electron chi connectivity index (χ2n) is 7.14. The van der Waals surface area contributed by atoms with Gasteiger partial charge in [0.05, 0.1) is 13.1 Å². The van der Waals surface area contributed by atoms with E-state index in [1.54, 1.807) is 17.0 Å². The third-order valence-electron chi connectivity index (χ3n) is 4.82. The average Bonchev–Trinajstić information content (AvgIpc) is 3.18. The second-order valence-corrected chi connectivity index (χ2v) is 7.58. The van der Waals surface area contributed by atoms with E-state index in [-0.39, 0.29) is 36.6 Å². The Kier molecular flexibility index (Phi) is 10.9. The Labute approximate surface area is 203 Å². The predicted octanol–water partition coefficient (Wildman–Crippen LogP) is 3.84. The SMILES string of the molecule is CCNC(=NCCc1nc(-c2cccc(Cl)c2)no1)NC1CCN(CC(F)F)CC1.I. The van der Waals surface area contributed by atoms with E-state index in [1.165, 1.54) is 0 Å². The summed E-state index contributed by atoms with van der Waals surface area (Å²) in [7, 11) is 0. The molecule has 0 bridgehead atoms. The van der Waals surface area contributed by atoms with Crippen molar-refractivity contribution in [1.29, 1.82) is 0 Å². The Morgan fingerprint density at radius 1 is 1.35 bits per heavy atom. The van der Waals surface area contributed by atoms with Crippen molar-refractivity contribution in [1.82, 2.24) is 25.7 Å². The van der Waals surface area contributed by atoms with Crippen LogP contribution < -0.4 is 10.6 Å². The molecular formula is C20H28ClF2IN6O. The van der Waals surface area contributed by atoms with Gasteiger partial charge >= 0.3 is 0 Å². The minimum atomic E-state index is -2.28. The van der Waals surface area contributed by atoms with Crippen LogP contribution in [0.5, 0.6) is 0 Å². The molecule has 0 aliphatic carbocycles. The van der Waals surface area contributed by atoms with E-state index in [9.17, 15) is 8.78 Å². The lowest BCUT2D eigenvalue weighted by Crippen LogP contribution is -2.49. The van der Waals surface area contributed by atoms with Crippen LogP contribution in [0, 0.1) is 0 Å². The molecule has 1 fully saturated rings. The molecule has 0 radical (unpaired) electrons. The van der Waals surface area contributed by atoms with Crippen LogP contribution in [-0.4, -0.2) is 66.2 Å². The van der Waals surface area contributed by atoms with Crippen LogP contribution in [0.4, 0.5) is 8.78 Å². The van der Waals surface area contributed by atoms with Crippen molar-refractivity contribution in [3.8, 4) is 11.4 Å². The van der Waals surface area contributed by atoms with E-state index < -0.39 is 6.43 Å². The number of guanidine groups is 1. The van der Waals surface area contributed by atoms with Gasteiger partial charge in [0.2, 0.25) is 11.7 Å². The summed E-state index contributed by atoms with van der Waals surface area (Å²) in [6, 6.07) is 7.50. The topological polar surface area (TPSA) is 78.6 Å². The van der Waals surface area contributed by atoms with E-state index in [0.717, 1.165) is 24.9 Å². The molecule has 0 unspecified atom stereocenters. The fourth-order valence-electron chi connectivity index (χ4n) is 3.33. The molecule has 1 aliphatic heterocycles. The fraction of sp³-hybridized carbons (Fsp3) is 0.550. The molecule has 1 saturated heterocycles. The Bertz CT molecular complexity index is 830. The number of alkyl halides is 2. The largest absolute Gasteiger partial charge is 0.357 e. The summed E-state index contributed by atoms with van der Waals surface area (Å²) >= 11 is 6.01. The van der Waals surface area contributed by atoms with E-state index in [1.807, 2.05) is 19.1 Å². The lowest BCUT2D eigenvalue weighted by atomic mass is 10.1. The molecule has 11 heteroatoms. The maximum absolute atomic E-state index is 12.5. The molecule has 172 valence electrons. The standard InChI is InChI=1S/C20H27ClF2N6O.HI/c1-2-24-20(26-16-7-10-29(11-8-16)13-17(22)23)25-9-6-18-27-19(28-30-18)14-4-3-5-15(21)12-14;/h3-5,12,16-17H,2,6-11,13H2,1H3,(H2,24,25,26);1H. The van der Waals surface area contributed by atoms with Crippen molar-refractivity contribution in [2.45, 2.75) is 38.7 Å². The lowest BCUT2D eigenvalue weighted by molar-refractivity contribution is 0.0744. The molecule has 31 heavy (non-hydrogen) atoms. The van der Waals surface area contributed by atoms with Crippen molar-refractivity contribution < 1.29 is 13.3 Å². The number of halogens is 4. The molecule has 2 aromatic rings. The molecular weight excluding hydrogens is 541 g/mol. The molecule has 3 rings (SSSR count). The number of aromatic nitrogens is 2. The quantitative estimate of drug-likeness (QED) is 0.286.